The smallest absolute Gasteiger partial charge is 0.146 e. The summed E-state index contributed by atoms with van der Waals surface area (Å²) in [6, 6.07) is 0. The first kappa shape index (κ1) is 10.6. The van der Waals surface area contributed by atoms with Crippen LogP contribution < -0.4 is 0 Å². The standard InChI is InChI=1S/C8H16O3/c1-8(11-7-10-2)5-3-4-6-9/h3-4,8-9H,5-7H2,1-2H3/b4-3+/t8-/m1/s1. The van der Waals surface area contributed by atoms with Gasteiger partial charge in [0.15, 0.2) is 0 Å². The molecule has 11 heavy (non-hydrogen) atoms. The van der Waals surface area contributed by atoms with Crippen LogP contribution >= 0.6 is 0 Å². The molecule has 0 aromatic rings. The van der Waals surface area contributed by atoms with E-state index in [0.29, 0.717) is 6.79 Å². The summed E-state index contributed by atoms with van der Waals surface area (Å²) in [6.07, 6.45) is 4.55. The van der Waals surface area contributed by atoms with Gasteiger partial charge in [-0.15, -0.1) is 0 Å². The minimum Gasteiger partial charge on any atom is -0.392 e. The van der Waals surface area contributed by atoms with E-state index in [1.807, 2.05) is 13.0 Å². The molecule has 0 rings (SSSR count). The van der Waals surface area contributed by atoms with Gasteiger partial charge in [-0.3, -0.25) is 0 Å². The zero-order chi connectivity index (χ0) is 8.53. The zero-order valence-corrected chi connectivity index (χ0v) is 7.12. The highest BCUT2D eigenvalue weighted by atomic mass is 16.7. The third-order valence-electron chi connectivity index (χ3n) is 1.21. The molecule has 3 heteroatoms. The predicted molar refractivity (Wildman–Crippen MR) is 43.3 cm³/mol. The molecule has 1 atom stereocenters. The van der Waals surface area contributed by atoms with Crippen molar-refractivity contribution in [2.45, 2.75) is 19.4 Å². The van der Waals surface area contributed by atoms with Crippen molar-refractivity contribution in [1.82, 2.24) is 0 Å². The largest absolute Gasteiger partial charge is 0.392 e. The highest BCUT2D eigenvalue weighted by molar-refractivity contribution is 4.82. The number of methoxy groups -OCH3 is 1. The first-order valence-corrected chi connectivity index (χ1v) is 3.67. The highest BCUT2D eigenvalue weighted by Gasteiger charge is 1.96. The van der Waals surface area contributed by atoms with Crippen molar-refractivity contribution in [3.8, 4) is 0 Å². The normalized spacial score (nSPS) is 14.1. The van der Waals surface area contributed by atoms with Gasteiger partial charge in [0.1, 0.15) is 6.79 Å². The summed E-state index contributed by atoms with van der Waals surface area (Å²) in [4.78, 5) is 0. The van der Waals surface area contributed by atoms with Crippen LogP contribution in [0.5, 0.6) is 0 Å². The van der Waals surface area contributed by atoms with Gasteiger partial charge in [0.05, 0.1) is 12.7 Å². The average Bonchev–Trinajstić information content (AvgIpc) is 2.01. The van der Waals surface area contributed by atoms with Gasteiger partial charge in [-0.1, -0.05) is 12.2 Å². The molecule has 0 saturated carbocycles. The lowest BCUT2D eigenvalue weighted by Crippen LogP contribution is -2.08. The molecule has 0 heterocycles. The maximum atomic E-state index is 8.40. The van der Waals surface area contributed by atoms with Crippen molar-refractivity contribution in [2.75, 3.05) is 20.5 Å². The number of ether oxygens (including phenoxy) is 2. The van der Waals surface area contributed by atoms with Gasteiger partial charge in [-0.25, -0.2) is 0 Å². The summed E-state index contributed by atoms with van der Waals surface area (Å²) in [5, 5.41) is 8.40. The number of aliphatic hydroxyl groups excluding tert-OH is 1. The summed E-state index contributed by atoms with van der Waals surface area (Å²) in [6.45, 7) is 2.38. The van der Waals surface area contributed by atoms with Crippen LogP contribution in [0, 0.1) is 0 Å². The van der Waals surface area contributed by atoms with E-state index >= 15 is 0 Å². The number of hydrogen-bond donors (Lipinski definition) is 1. The molecule has 0 aromatic heterocycles. The second-order valence-corrected chi connectivity index (χ2v) is 2.27. The fraction of sp³-hybridized carbons (Fsp3) is 0.750. The van der Waals surface area contributed by atoms with Crippen LogP contribution in [0.1, 0.15) is 13.3 Å². The summed E-state index contributed by atoms with van der Waals surface area (Å²) in [7, 11) is 1.59. The fourth-order valence-electron chi connectivity index (χ4n) is 0.615. The first-order valence-electron chi connectivity index (χ1n) is 3.67. The molecule has 0 aliphatic heterocycles. The van der Waals surface area contributed by atoms with Crippen LogP contribution in [0.15, 0.2) is 12.2 Å². The Morgan fingerprint density at radius 2 is 2.18 bits per heavy atom. The summed E-state index contributed by atoms with van der Waals surface area (Å²) >= 11 is 0. The Bertz CT molecular complexity index is 102. The topological polar surface area (TPSA) is 38.7 Å². The quantitative estimate of drug-likeness (QED) is 0.464. The molecule has 0 aromatic carbocycles. The summed E-state index contributed by atoms with van der Waals surface area (Å²) in [5.41, 5.74) is 0. The Morgan fingerprint density at radius 1 is 1.45 bits per heavy atom. The van der Waals surface area contributed by atoms with Crippen LogP contribution in [0.2, 0.25) is 0 Å². The lowest BCUT2D eigenvalue weighted by Gasteiger charge is -2.08. The molecule has 0 radical (unpaired) electrons. The molecule has 0 spiro atoms. The molecule has 0 fully saturated rings. The third-order valence-corrected chi connectivity index (χ3v) is 1.21. The fourth-order valence-corrected chi connectivity index (χ4v) is 0.615. The Morgan fingerprint density at radius 3 is 2.73 bits per heavy atom. The number of aliphatic hydroxyl groups is 1. The zero-order valence-electron chi connectivity index (χ0n) is 7.12. The van der Waals surface area contributed by atoms with Gasteiger partial charge < -0.3 is 14.6 Å². The van der Waals surface area contributed by atoms with Crippen molar-refractivity contribution < 1.29 is 14.6 Å². The van der Waals surface area contributed by atoms with Crippen molar-refractivity contribution >= 4 is 0 Å². The number of rotatable bonds is 6. The molecular formula is C8H16O3. The highest BCUT2D eigenvalue weighted by Crippen LogP contribution is 1.97. The Hall–Kier alpha value is -0.380. The molecule has 3 nitrogen and oxygen atoms in total. The van der Waals surface area contributed by atoms with Crippen molar-refractivity contribution in [1.29, 1.82) is 0 Å². The van der Waals surface area contributed by atoms with E-state index in [9.17, 15) is 0 Å². The second kappa shape index (κ2) is 7.72. The van der Waals surface area contributed by atoms with E-state index in [4.69, 9.17) is 14.6 Å². The van der Waals surface area contributed by atoms with Gasteiger partial charge in [-0.2, -0.15) is 0 Å². The second-order valence-electron chi connectivity index (χ2n) is 2.27. The maximum absolute atomic E-state index is 8.40. The maximum Gasteiger partial charge on any atom is 0.146 e. The molecule has 0 unspecified atom stereocenters. The van der Waals surface area contributed by atoms with Gasteiger partial charge in [0.25, 0.3) is 0 Å². The van der Waals surface area contributed by atoms with Gasteiger partial charge in [-0.05, 0) is 13.3 Å². The average molecular weight is 160 g/mol. The van der Waals surface area contributed by atoms with Crippen LogP contribution in [-0.2, 0) is 9.47 Å². The Kier molecular flexibility index (Phi) is 7.46. The third kappa shape index (κ3) is 7.52. The van der Waals surface area contributed by atoms with E-state index in [2.05, 4.69) is 0 Å². The lowest BCUT2D eigenvalue weighted by atomic mass is 10.3. The predicted octanol–water partition coefficient (Wildman–Crippen LogP) is 0.934. The molecule has 0 bridgehead atoms. The van der Waals surface area contributed by atoms with E-state index in [-0.39, 0.29) is 12.7 Å². The van der Waals surface area contributed by atoms with E-state index in [1.165, 1.54) is 0 Å². The van der Waals surface area contributed by atoms with Gasteiger partial charge in [0.2, 0.25) is 0 Å². The first-order chi connectivity index (χ1) is 5.31. The van der Waals surface area contributed by atoms with E-state index in [0.717, 1.165) is 6.42 Å². The minimum absolute atomic E-state index is 0.0942. The molecule has 0 saturated heterocycles. The van der Waals surface area contributed by atoms with Crippen LogP contribution in [0.4, 0.5) is 0 Å². The van der Waals surface area contributed by atoms with E-state index < -0.39 is 0 Å². The molecule has 0 amide bonds. The van der Waals surface area contributed by atoms with E-state index in [1.54, 1.807) is 13.2 Å². The summed E-state index contributed by atoms with van der Waals surface area (Å²) < 4.78 is 9.91. The molecular weight excluding hydrogens is 144 g/mol. The van der Waals surface area contributed by atoms with Crippen LogP contribution in [-0.4, -0.2) is 31.7 Å². The van der Waals surface area contributed by atoms with Crippen LogP contribution in [0.25, 0.3) is 0 Å². The Labute approximate surface area is 67.6 Å². The van der Waals surface area contributed by atoms with Gasteiger partial charge >= 0.3 is 0 Å². The molecule has 1 N–H and O–H groups in total. The monoisotopic (exact) mass is 160 g/mol. The van der Waals surface area contributed by atoms with Crippen LogP contribution in [0.3, 0.4) is 0 Å². The van der Waals surface area contributed by atoms with Crippen molar-refractivity contribution in [3.63, 3.8) is 0 Å². The van der Waals surface area contributed by atoms with Gasteiger partial charge in [0, 0.05) is 7.11 Å². The molecule has 0 aliphatic carbocycles. The summed E-state index contributed by atoms with van der Waals surface area (Å²) in [5.74, 6) is 0. The lowest BCUT2D eigenvalue weighted by molar-refractivity contribution is -0.0638. The molecule has 66 valence electrons. The number of hydrogen-bond acceptors (Lipinski definition) is 3. The van der Waals surface area contributed by atoms with Crippen molar-refractivity contribution in [2.24, 2.45) is 0 Å². The molecule has 0 aliphatic rings. The van der Waals surface area contributed by atoms with Crippen molar-refractivity contribution in [3.05, 3.63) is 12.2 Å². The minimum atomic E-state index is 0.0942. The SMILES string of the molecule is COCO[C@H](C)C/C=C/CO. The Balaban J connectivity index is 3.21.